The molecule has 0 bridgehead atoms. The molecular formula is C15H30N2O. The van der Waals surface area contributed by atoms with Gasteiger partial charge >= 0.3 is 0 Å². The van der Waals surface area contributed by atoms with Crippen LogP contribution >= 0.6 is 0 Å². The maximum absolute atomic E-state index is 12.0. The van der Waals surface area contributed by atoms with Crippen molar-refractivity contribution in [3.8, 4) is 0 Å². The largest absolute Gasteiger partial charge is 0.356 e. The second kappa shape index (κ2) is 6.05. The molecule has 0 unspecified atom stereocenters. The normalized spacial score (nSPS) is 18.7. The summed E-state index contributed by atoms with van der Waals surface area (Å²) in [6.45, 7) is 14.0. The molecule has 3 nitrogen and oxygen atoms in total. The van der Waals surface area contributed by atoms with E-state index >= 15 is 0 Å². The van der Waals surface area contributed by atoms with Gasteiger partial charge in [0.2, 0.25) is 5.91 Å². The molecule has 106 valence electrons. The first-order valence-electron chi connectivity index (χ1n) is 7.20. The Morgan fingerprint density at radius 2 is 1.72 bits per heavy atom. The summed E-state index contributed by atoms with van der Waals surface area (Å²) in [6.07, 6.45) is 2.97. The molecule has 18 heavy (non-hydrogen) atoms. The second-order valence-electron chi connectivity index (χ2n) is 7.31. The van der Waals surface area contributed by atoms with Crippen LogP contribution in [-0.4, -0.2) is 25.5 Å². The standard InChI is InChI=1S/C15H30N2O/c1-14(2,3)15(4,5)11-17-13(18)10-12-6-8-16-9-7-12/h12,16H,6-11H2,1-5H3,(H,17,18). The van der Waals surface area contributed by atoms with Crippen molar-refractivity contribution >= 4 is 5.91 Å². The Bertz CT molecular complexity index is 273. The molecule has 0 atom stereocenters. The van der Waals surface area contributed by atoms with Gasteiger partial charge in [-0.1, -0.05) is 34.6 Å². The van der Waals surface area contributed by atoms with Crippen LogP contribution in [0.15, 0.2) is 0 Å². The highest BCUT2D eigenvalue weighted by Crippen LogP contribution is 2.37. The molecule has 3 heteroatoms. The zero-order chi connectivity index (χ0) is 13.8. The lowest BCUT2D eigenvalue weighted by Gasteiger charge is -2.39. The minimum Gasteiger partial charge on any atom is -0.356 e. The van der Waals surface area contributed by atoms with Crippen LogP contribution < -0.4 is 10.6 Å². The Morgan fingerprint density at radius 3 is 2.22 bits per heavy atom. The molecule has 0 aromatic heterocycles. The third kappa shape index (κ3) is 4.60. The van der Waals surface area contributed by atoms with Crippen LogP contribution in [0.3, 0.4) is 0 Å². The third-order valence-electron chi connectivity index (χ3n) is 4.69. The van der Waals surface area contributed by atoms with Gasteiger partial charge in [0.25, 0.3) is 0 Å². The van der Waals surface area contributed by atoms with E-state index in [0.717, 1.165) is 32.5 Å². The number of carbonyl (C=O) groups excluding carboxylic acids is 1. The Labute approximate surface area is 112 Å². The van der Waals surface area contributed by atoms with Gasteiger partial charge in [-0.15, -0.1) is 0 Å². The minimum atomic E-state index is 0.122. The maximum atomic E-state index is 12.0. The molecule has 0 aromatic carbocycles. The quantitative estimate of drug-likeness (QED) is 0.809. The number of amides is 1. The molecular weight excluding hydrogens is 224 g/mol. The number of hydrogen-bond donors (Lipinski definition) is 2. The fourth-order valence-electron chi connectivity index (χ4n) is 2.00. The second-order valence-corrected chi connectivity index (χ2v) is 7.31. The summed E-state index contributed by atoms with van der Waals surface area (Å²) in [5.41, 5.74) is 0.325. The van der Waals surface area contributed by atoms with Gasteiger partial charge in [0, 0.05) is 13.0 Å². The van der Waals surface area contributed by atoms with Crippen LogP contribution in [0.4, 0.5) is 0 Å². The number of carbonyl (C=O) groups is 1. The Hall–Kier alpha value is -0.570. The highest BCUT2D eigenvalue weighted by atomic mass is 16.1. The molecule has 1 aliphatic rings. The predicted molar refractivity (Wildman–Crippen MR) is 76.5 cm³/mol. The zero-order valence-corrected chi connectivity index (χ0v) is 12.7. The Balaban J connectivity index is 2.32. The smallest absolute Gasteiger partial charge is 0.220 e. The molecule has 1 rings (SSSR count). The van der Waals surface area contributed by atoms with Crippen LogP contribution in [0.1, 0.15) is 53.9 Å². The lowest BCUT2D eigenvalue weighted by Crippen LogP contribution is -2.42. The van der Waals surface area contributed by atoms with Gasteiger partial charge in [-0.25, -0.2) is 0 Å². The van der Waals surface area contributed by atoms with E-state index in [9.17, 15) is 4.79 Å². The zero-order valence-electron chi connectivity index (χ0n) is 12.7. The molecule has 0 radical (unpaired) electrons. The van der Waals surface area contributed by atoms with Gasteiger partial charge in [0.1, 0.15) is 0 Å². The molecule has 1 fully saturated rings. The van der Waals surface area contributed by atoms with Gasteiger partial charge in [-0.3, -0.25) is 4.79 Å². The summed E-state index contributed by atoms with van der Waals surface area (Å²) >= 11 is 0. The number of nitrogens with one attached hydrogen (secondary N) is 2. The van der Waals surface area contributed by atoms with Crippen molar-refractivity contribution in [1.82, 2.24) is 10.6 Å². The summed E-state index contributed by atoms with van der Waals surface area (Å²) in [6, 6.07) is 0. The average molecular weight is 254 g/mol. The lowest BCUT2D eigenvalue weighted by atomic mass is 9.69. The molecule has 1 saturated heterocycles. The van der Waals surface area contributed by atoms with E-state index < -0.39 is 0 Å². The van der Waals surface area contributed by atoms with E-state index in [2.05, 4.69) is 45.3 Å². The van der Waals surface area contributed by atoms with Crippen LogP contribution in [0.5, 0.6) is 0 Å². The van der Waals surface area contributed by atoms with E-state index in [1.165, 1.54) is 0 Å². The molecule has 0 aliphatic carbocycles. The highest BCUT2D eigenvalue weighted by Gasteiger charge is 2.33. The summed E-state index contributed by atoms with van der Waals surface area (Å²) in [5.74, 6) is 0.795. The van der Waals surface area contributed by atoms with Crippen molar-refractivity contribution in [1.29, 1.82) is 0 Å². The fourth-order valence-corrected chi connectivity index (χ4v) is 2.00. The summed E-state index contributed by atoms with van der Waals surface area (Å²) in [7, 11) is 0. The molecule has 1 aliphatic heterocycles. The average Bonchev–Trinajstić information content (AvgIpc) is 2.26. The van der Waals surface area contributed by atoms with Crippen molar-refractivity contribution in [2.45, 2.75) is 53.9 Å². The van der Waals surface area contributed by atoms with Crippen LogP contribution in [0, 0.1) is 16.7 Å². The van der Waals surface area contributed by atoms with E-state index in [-0.39, 0.29) is 16.7 Å². The van der Waals surface area contributed by atoms with Gasteiger partial charge in [0.15, 0.2) is 0 Å². The van der Waals surface area contributed by atoms with Crippen molar-refractivity contribution in [2.24, 2.45) is 16.7 Å². The number of rotatable bonds is 4. The van der Waals surface area contributed by atoms with Gasteiger partial charge < -0.3 is 10.6 Å². The topological polar surface area (TPSA) is 41.1 Å². The van der Waals surface area contributed by atoms with Crippen molar-refractivity contribution in [3.05, 3.63) is 0 Å². The summed E-state index contributed by atoms with van der Waals surface area (Å²) in [4.78, 5) is 12.0. The molecule has 1 heterocycles. The first-order valence-corrected chi connectivity index (χ1v) is 7.20. The van der Waals surface area contributed by atoms with Crippen molar-refractivity contribution in [2.75, 3.05) is 19.6 Å². The van der Waals surface area contributed by atoms with Crippen LogP contribution in [-0.2, 0) is 4.79 Å². The van der Waals surface area contributed by atoms with Crippen molar-refractivity contribution in [3.63, 3.8) is 0 Å². The maximum Gasteiger partial charge on any atom is 0.220 e. The molecule has 2 N–H and O–H groups in total. The number of piperidine rings is 1. The van der Waals surface area contributed by atoms with E-state index in [4.69, 9.17) is 0 Å². The SMILES string of the molecule is CC(C)(C)C(C)(C)CNC(=O)CC1CCNCC1. The van der Waals surface area contributed by atoms with Crippen LogP contribution in [0.2, 0.25) is 0 Å². The summed E-state index contributed by atoms with van der Waals surface area (Å²) in [5, 5.41) is 6.45. The third-order valence-corrected chi connectivity index (χ3v) is 4.69. The highest BCUT2D eigenvalue weighted by molar-refractivity contribution is 5.76. The van der Waals surface area contributed by atoms with E-state index in [1.54, 1.807) is 0 Å². The van der Waals surface area contributed by atoms with Gasteiger partial charge in [-0.2, -0.15) is 0 Å². The molecule has 0 saturated carbocycles. The van der Waals surface area contributed by atoms with Crippen molar-refractivity contribution < 1.29 is 4.79 Å². The Kier molecular flexibility index (Phi) is 5.20. The molecule has 0 aromatic rings. The predicted octanol–water partition coefficient (Wildman–Crippen LogP) is 2.56. The summed E-state index contributed by atoms with van der Waals surface area (Å²) < 4.78 is 0. The molecule has 0 spiro atoms. The Morgan fingerprint density at radius 1 is 1.17 bits per heavy atom. The monoisotopic (exact) mass is 254 g/mol. The van der Waals surface area contributed by atoms with E-state index in [1.807, 2.05) is 0 Å². The lowest BCUT2D eigenvalue weighted by molar-refractivity contribution is -0.123. The molecule has 1 amide bonds. The fraction of sp³-hybridized carbons (Fsp3) is 0.933. The van der Waals surface area contributed by atoms with Gasteiger partial charge in [-0.05, 0) is 42.7 Å². The minimum absolute atomic E-state index is 0.122. The first-order chi connectivity index (χ1) is 8.22. The van der Waals surface area contributed by atoms with E-state index in [0.29, 0.717) is 12.3 Å². The first kappa shape index (κ1) is 15.5. The number of hydrogen-bond acceptors (Lipinski definition) is 2. The van der Waals surface area contributed by atoms with Crippen LogP contribution in [0.25, 0.3) is 0 Å². The van der Waals surface area contributed by atoms with Gasteiger partial charge in [0.05, 0.1) is 0 Å².